The fraction of sp³-hybridized carbons (Fsp3) is 0.0769. The first-order valence-electron chi connectivity index (χ1n) is 5.37. The average Bonchev–Trinajstić information content (AvgIpc) is 2.87. The van der Waals surface area contributed by atoms with Crippen molar-refractivity contribution in [3.63, 3.8) is 0 Å². The molecule has 0 aliphatic rings. The van der Waals surface area contributed by atoms with Crippen molar-refractivity contribution in [2.75, 3.05) is 0 Å². The van der Waals surface area contributed by atoms with Gasteiger partial charge in [0.1, 0.15) is 10.7 Å². The molecule has 84 valence electrons. The zero-order valence-corrected chi connectivity index (χ0v) is 9.95. The smallest absolute Gasteiger partial charge is 0.142 e. The van der Waals surface area contributed by atoms with Crippen LogP contribution in [0.5, 0.6) is 0 Å². The molecule has 0 saturated heterocycles. The van der Waals surface area contributed by atoms with Gasteiger partial charge in [0, 0.05) is 29.2 Å². The Hall–Kier alpha value is -1.78. The van der Waals surface area contributed by atoms with Crippen LogP contribution in [0.3, 0.4) is 0 Å². The molecule has 3 aromatic rings. The van der Waals surface area contributed by atoms with Gasteiger partial charge < -0.3 is 5.73 Å². The molecule has 0 atom stereocenters. The lowest BCUT2D eigenvalue weighted by atomic mass is 10.1. The Morgan fingerprint density at radius 2 is 2.00 bits per heavy atom. The van der Waals surface area contributed by atoms with Crippen LogP contribution >= 0.6 is 11.3 Å². The van der Waals surface area contributed by atoms with Gasteiger partial charge in [-0.1, -0.05) is 24.3 Å². The number of thiazole rings is 1. The summed E-state index contributed by atoms with van der Waals surface area (Å²) in [5.74, 6) is 0. The quantitative estimate of drug-likeness (QED) is 0.750. The Bertz CT molecular complexity index is 655. The first-order chi connectivity index (χ1) is 8.38. The molecule has 0 saturated carbocycles. The number of nitrogens with zero attached hydrogens (tertiary/aromatic N) is 2. The molecule has 2 heterocycles. The van der Waals surface area contributed by atoms with E-state index in [1.807, 2.05) is 30.6 Å². The van der Waals surface area contributed by atoms with Gasteiger partial charge in [-0.3, -0.25) is 4.98 Å². The number of aromatic nitrogens is 2. The number of fused-ring (bicyclic) bond motifs is 1. The predicted octanol–water partition coefficient (Wildman–Crippen LogP) is 2.82. The van der Waals surface area contributed by atoms with Crippen LogP contribution in [0.1, 0.15) is 4.88 Å². The van der Waals surface area contributed by atoms with Gasteiger partial charge in [-0.2, -0.15) is 0 Å². The monoisotopic (exact) mass is 241 g/mol. The molecule has 0 aliphatic heterocycles. The highest BCUT2D eigenvalue weighted by atomic mass is 32.1. The minimum absolute atomic E-state index is 0.530. The molecule has 2 N–H and O–H groups in total. The molecule has 0 unspecified atom stereocenters. The van der Waals surface area contributed by atoms with Crippen molar-refractivity contribution in [1.82, 2.24) is 9.97 Å². The van der Waals surface area contributed by atoms with Gasteiger partial charge in [0.05, 0.1) is 0 Å². The van der Waals surface area contributed by atoms with Crippen LogP contribution in [0.25, 0.3) is 21.5 Å². The number of rotatable bonds is 2. The molecular formula is C13H11N3S. The van der Waals surface area contributed by atoms with E-state index in [4.69, 9.17) is 5.73 Å². The molecule has 0 bridgehead atoms. The lowest BCUT2D eigenvalue weighted by molar-refractivity contribution is 1.10. The highest BCUT2D eigenvalue weighted by Crippen LogP contribution is 2.29. The van der Waals surface area contributed by atoms with Gasteiger partial charge in [-0.05, 0) is 11.5 Å². The molecule has 4 heteroatoms. The van der Waals surface area contributed by atoms with Crippen LogP contribution in [0, 0.1) is 0 Å². The van der Waals surface area contributed by atoms with Crippen LogP contribution < -0.4 is 5.73 Å². The molecule has 3 nitrogen and oxygen atoms in total. The van der Waals surface area contributed by atoms with Gasteiger partial charge in [0.2, 0.25) is 0 Å². The summed E-state index contributed by atoms with van der Waals surface area (Å²) in [6.45, 7) is 0.530. The van der Waals surface area contributed by atoms with E-state index in [0.717, 1.165) is 21.0 Å². The van der Waals surface area contributed by atoms with Crippen molar-refractivity contribution < 1.29 is 0 Å². The van der Waals surface area contributed by atoms with Crippen LogP contribution in [-0.2, 0) is 6.54 Å². The zero-order chi connectivity index (χ0) is 11.7. The van der Waals surface area contributed by atoms with E-state index >= 15 is 0 Å². The molecule has 0 radical (unpaired) electrons. The average molecular weight is 241 g/mol. The Morgan fingerprint density at radius 1 is 1.12 bits per heavy atom. The minimum atomic E-state index is 0.530. The summed E-state index contributed by atoms with van der Waals surface area (Å²) in [5, 5.41) is 3.25. The Kier molecular flexibility index (Phi) is 2.59. The van der Waals surface area contributed by atoms with E-state index in [0.29, 0.717) is 6.54 Å². The zero-order valence-electron chi connectivity index (χ0n) is 9.13. The molecule has 3 rings (SSSR count). The second-order valence-corrected chi connectivity index (χ2v) is 4.83. The first kappa shape index (κ1) is 10.4. The Labute approximate surface area is 103 Å². The molecule has 0 fully saturated rings. The van der Waals surface area contributed by atoms with E-state index in [1.165, 1.54) is 5.39 Å². The summed E-state index contributed by atoms with van der Waals surface area (Å²) in [5.41, 5.74) is 6.54. The number of hydrogen-bond acceptors (Lipinski definition) is 4. The number of pyridine rings is 1. The summed E-state index contributed by atoms with van der Waals surface area (Å²) in [6.07, 6.45) is 3.64. The predicted molar refractivity (Wildman–Crippen MR) is 70.7 cm³/mol. The number of benzene rings is 1. The van der Waals surface area contributed by atoms with E-state index in [2.05, 4.69) is 22.1 Å². The first-order valence-corrected chi connectivity index (χ1v) is 6.19. The maximum Gasteiger partial charge on any atom is 0.142 e. The van der Waals surface area contributed by atoms with Gasteiger partial charge in [0.15, 0.2) is 0 Å². The van der Waals surface area contributed by atoms with Crippen LogP contribution in [0.15, 0.2) is 42.7 Å². The minimum Gasteiger partial charge on any atom is -0.326 e. The van der Waals surface area contributed by atoms with Gasteiger partial charge >= 0.3 is 0 Å². The molecular weight excluding hydrogens is 230 g/mol. The number of hydrogen-bond donors (Lipinski definition) is 1. The molecule has 0 amide bonds. The van der Waals surface area contributed by atoms with Gasteiger partial charge in [0.25, 0.3) is 0 Å². The van der Waals surface area contributed by atoms with Gasteiger partial charge in [-0.25, -0.2) is 4.98 Å². The van der Waals surface area contributed by atoms with Gasteiger partial charge in [-0.15, -0.1) is 11.3 Å². The van der Waals surface area contributed by atoms with E-state index in [9.17, 15) is 0 Å². The fourth-order valence-electron chi connectivity index (χ4n) is 1.80. The summed E-state index contributed by atoms with van der Waals surface area (Å²) < 4.78 is 0. The molecule has 17 heavy (non-hydrogen) atoms. The van der Waals surface area contributed by atoms with E-state index in [1.54, 1.807) is 11.3 Å². The summed E-state index contributed by atoms with van der Waals surface area (Å²) in [4.78, 5) is 9.89. The maximum atomic E-state index is 5.60. The number of nitrogens with two attached hydrogens (primary N) is 1. The Balaban J connectivity index is 2.23. The lowest BCUT2D eigenvalue weighted by Crippen LogP contribution is -1.91. The highest BCUT2D eigenvalue weighted by molar-refractivity contribution is 7.15. The summed E-state index contributed by atoms with van der Waals surface area (Å²) in [6, 6.07) is 10.2. The third-order valence-electron chi connectivity index (χ3n) is 2.63. The molecule has 2 aromatic heterocycles. The van der Waals surface area contributed by atoms with Crippen molar-refractivity contribution in [3.8, 4) is 10.7 Å². The fourth-order valence-corrected chi connectivity index (χ4v) is 2.60. The van der Waals surface area contributed by atoms with Crippen LogP contribution in [0.4, 0.5) is 0 Å². The van der Waals surface area contributed by atoms with Crippen molar-refractivity contribution in [2.45, 2.75) is 6.54 Å². The second-order valence-electron chi connectivity index (χ2n) is 3.72. The standard InChI is InChI=1S/C13H11N3S/c14-7-10-8-16-13(17-10)12-11-4-2-1-3-9(11)5-6-15-12/h1-6,8H,7,14H2. The molecule has 0 aliphatic carbocycles. The third kappa shape index (κ3) is 1.81. The van der Waals surface area contributed by atoms with Crippen molar-refractivity contribution in [3.05, 3.63) is 47.6 Å². The van der Waals surface area contributed by atoms with Crippen LogP contribution in [0.2, 0.25) is 0 Å². The van der Waals surface area contributed by atoms with E-state index < -0.39 is 0 Å². The third-order valence-corrected chi connectivity index (χ3v) is 3.66. The normalized spacial score (nSPS) is 10.9. The van der Waals surface area contributed by atoms with Crippen LogP contribution in [-0.4, -0.2) is 9.97 Å². The maximum absolute atomic E-state index is 5.60. The topological polar surface area (TPSA) is 51.8 Å². The van der Waals surface area contributed by atoms with Crippen molar-refractivity contribution >= 4 is 22.1 Å². The van der Waals surface area contributed by atoms with Crippen molar-refractivity contribution in [1.29, 1.82) is 0 Å². The SMILES string of the molecule is NCc1cnc(-c2nccc3ccccc23)s1. The molecule has 1 aromatic carbocycles. The summed E-state index contributed by atoms with van der Waals surface area (Å²) in [7, 11) is 0. The summed E-state index contributed by atoms with van der Waals surface area (Å²) >= 11 is 1.60. The second kappa shape index (κ2) is 4.24. The van der Waals surface area contributed by atoms with Crippen molar-refractivity contribution in [2.24, 2.45) is 5.73 Å². The lowest BCUT2D eigenvalue weighted by Gasteiger charge is -2.01. The van der Waals surface area contributed by atoms with E-state index in [-0.39, 0.29) is 0 Å². The molecule has 0 spiro atoms. The highest BCUT2D eigenvalue weighted by Gasteiger charge is 2.08. The Morgan fingerprint density at radius 3 is 2.82 bits per heavy atom. The largest absolute Gasteiger partial charge is 0.326 e.